The molecule has 0 spiro atoms. The summed E-state index contributed by atoms with van der Waals surface area (Å²) in [5.41, 5.74) is 2.56. The van der Waals surface area contributed by atoms with Gasteiger partial charge in [-0.2, -0.15) is 0 Å². The fraction of sp³-hybridized carbons (Fsp3) is 0.429. The zero-order chi connectivity index (χ0) is 13.1. The van der Waals surface area contributed by atoms with Crippen LogP contribution in [-0.2, 0) is 0 Å². The molecule has 0 rings (SSSR count). The van der Waals surface area contributed by atoms with Gasteiger partial charge in [-0.1, -0.05) is 33.1 Å². The Labute approximate surface area is 99.4 Å². The van der Waals surface area contributed by atoms with Gasteiger partial charge in [-0.25, -0.2) is 4.39 Å². The maximum atomic E-state index is 13.0. The summed E-state index contributed by atoms with van der Waals surface area (Å²) in [7, 11) is 0. The normalized spacial score (nSPS) is 12.0. The Balaban J connectivity index is 0. The molecule has 0 atom stereocenters. The Morgan fingerprint density at radius 2 is 1.81 bits per heavy atom. The summed E-state index contributed by atoms with van der Waals surface area (Å²) in [6.07, 6.45) is 3.45. The van der Waals surface area contributed by atoms with E-state index in [2.05, 4.69) is 18.5 Å². The van der Waals surface area contributed by atoms with E-state index in [1.54, 1.807) is 13.0 Å². The first-order chi connectivity index (χ1) is 7.51. The molecule has 0 fully saturated rings. The highest BCUT2D eigenvalue weighted by Crippen LogP contribution is 2.15. The van der Waals surface area contributed by atoms with Crippen LogP contribution in [0.25, 0.3) is 0 Å². The predicted octanol–water partition coefficient (Wildman–Crippen LogP) is 4.86. The number of rotatable bonds is 5. The van der Waals surface area contributed by atoms with Crippen LogP contribution in [0.3, 0.4) is 0 Å². The molecule has 0 heterocycles. The molecule has 0 radical (unpaired) electrons. The third-order valence-corrected chi connectivity index (χ3v) is 1.76. The van der Waals surface area contributed by atoms with E-state index in [1.165, 1.54) is 6.08 Å². The Bertz CT molecular complexity index is 285. The van der Waals surface area contributed by atoms with E-state index in [0.29, 0.717) is 6.42 Å². The van der Waals surface area contributed by atoms with Crippen molar-refractivity contribution in [1.82, 2.24) is 5.32 Å². The largest absolute Gasteiger partial charge is 0.360 e. The molecule has 0 aromatic rings. The number of allylic oxidation sites excluding steroid dienone is 5. The molecule has 1 N–H and O–H groups in total. The minimum absolute atomic E-state index is 0.134. The van der Waals surface area contributed by atoms with Gasteiger partial charge in [0.2, 0.25) is 0 Å². The smallest absolute Gasteiger partial charge is 0.0998 e. The molecule has 0 amide bonds. The average molecular weight is 225 g/mol. The van der Waals surface area contributed by atoms with Crippen LogP contribution in [0.15, 0.2) is 48.1 Å². The second-order valence-electron chi connectivity index (χ2n) is 3.22. The summed E-state index contributed by atoms with van der Waals surface area (Å²) < 4.78 is 13.0. The summed E-state index contributed by atoms with van der Waals surface area (Å²) in [6, 6.07) is 0. The van der Waals surface area contributed by atoms with Crippen molar-refractivity contribution in [3.8, 4) is 0 Å². The zero-order valence-electron chi connectivity index (χ0n) is 11.2. The van der Waals surface area contributed by atoms with E-state index in [4.69, 9.17) is 0 Å². The lowest BCUT2D eigenvalue weighted by molar-refractivity contribution is 0.606. The van der Waals surface area contributed by atoms with E-state index in [-0.39, 0.29) is 5.83 Å². The van der Waals surface area contributed by atoms with Crippen molar-refractivity contribution < 1.29 is 4.39 Å². The van der Waals surface area contributed by atoms with E-state index in [0.717, 1.165) is 17.0 Å². The Morgan fingerprint density at radius 1 is 1.31 bits per heavy atom. The summed E-state index contributed by atoms with van der Waals surface area (Å²) in [6.45, 7) is 16.8. The van der Waals surface area contributed by atoms with Gasteiger partial charge >= 0.3 is 0 Å². The molecule has 92 valence electrons. The molecule has 0 saturated carbocycles. The van der Waals surface area contributed by atoms with Gasteiger partial charge in [-0.15, -0.1) is 0 Å². The fourth-order valence-corrected chi connectivity index (χ4v) is 1.01. The van der Waals surface area contributed by atoms with Crippen molar-refractivity contribution in [2.24, 2.45) is 0 Å². The predicted molar refractivity (Wildman–Crippen MR) is 71.7 cm³/mol. The lowest BCUT2D eigenvalue weighted by Gasteiger charge is -2.10. The van der Waals surface area contributed by atoms with Gasteiger partial charge in [-0.05, 0) is 32.4 Å². The van der Waals surface area contributed by atoms with Crippen LogP contribution < -0.4 is 5.32 Å². The standard InChI is InChI=1S/C12H18FN.C2H6/c1-6-11(13)8-10(5)12(7-2)14-9(3)4;1-2/h6-7,14H,2-3,8H2,1,4-5H3;1-2H3/b11-6+,12-10+;. The molecule has 0 unspecified atom stereocenters. The molecule has 1 nitrogen and oxygen atoms in total. The van der Waals surface area contributed by atoms with Crippen molar-refractivity contribution in [1.29, 1.82) is 0 Å². The van der Waals surface area contributed by atoms with Gasteiger partial charge in [0.1, 0.15) is 0 Å². The van der Waals surface area contributed by atoms with Gasteiger partial charge in [0, 0.05) is 17.8 Å². The lowest BCUT2D eigenvalue weighted by Crippen LogP contribution is -2.09. The van der Waals surface area contributed by atoms with Crippen molar-refractivity contribution in [2.45, 2.75) is 41.0 Å². The molecule has 0 aliphatic heterocycles. The molecule has 0 aromatic heterocycles. The molecule has 0 saturated heterocycles. The average Bonchev–Trinajstić information content (AvgIpc) is 2.27. The number of nitrogens with one attached hydrogen (secondary N) is 1. The van der Waals surface area contributed by atoms with Gasteiger partial charge in [0.15, 0.2) is 0 Å². The molecule has 0 aliphatic rings. The van der Waals surface area contributed by atoms with Crippen LogP contribution in [0.5, 0.6) is 0 Å². The monoisotopic (exact) mass is 225 g/mol. The molecule has 2 heteroatoms. The molecular formula is C14H24FN. The van der Waals surface area contributed by atoms with Crippen LogP contribution in [-0.4, -0.2) is 0 Å². The highest BCUT2D eigenvalue weighted by atomic mass is 19.1. The number of halogens is 1. The van der Waals surface area contributed by atoms with Gasteiger partial charge in [0.25, 0.3) is 0 Å². The molecule has 0 aromatic carbocycles. The number of hydrogen-bond donors (Lipinski definition) is 1. The van der Waals surface area contributed by atoms with Crippen LogP contribution in [0.2, 0.25) is 0 Å². The second-order valence-corrected chi connectivity index (χ2v) is 3.22. The quantitative estimate of drug-likeness (QED) is 0.659. The zero-order valence-corrected chi connectivity index (χ0v) is 11.2. The maximum Gasteiger partial charge on any atom is 0.0998 e. The maximum absolute atomic E-state index is 13.0. The highest BCUT2D eigenvalue weighted by Gasteiger charge is 2.01. The molecule has 0 aliphatic carbocycles. The third kappa shape index (κ3) is 8.04. The van der Waals surface area contributed by atoms with Crippen LogP contribution in [0.4, 0.5) is 4.39 Å². The first kappa shape index (κ1) is 17.1. The Morgan fingerprint density at radius 3 is 2.12 bits per heavy atom. The Kier molecular flexibility index (Phi) is 10.9. The minimum atomic E-state index is -0.134. The summed E-state index contributed by atoms with van der Waals surface area (Å²) >= 11 is 0. The van der Waals surface area contributed by atoms with E-state index >= 15 is 0 Å². The van der Waals surface area contributed by atoms with Gasteiger partial charge < -0.3 is 5.32 Å². The minimum Gasteiger partial charge on any atom is -0.360 e. The fourth-order valence-electron chi connectivity index (χ4n) is 1.01. The van der Waals surface area contributed by atoms with E-state index in [1.807, 2.05) is 27.7 Å². The number of hydrogen-bond acceptors (Lipinski definition) is 1. The van der Waals surface area contributed by atoms with Crippen molar-refractivity contribution in [2.75, 3.05) is 0 Å². The van der Waals surface area contributed by atoms with E-state index < -0.39 is 0 Å². The summed E-state index contributed by atoms with van der Waals surface area (Å²) in [5, 5.41) is 3.03. The van der Waals surface area contributed by atoms with Gasteiger partial charge in [0.05, 0.1) is 5.83 Å². The topological polar surface area (TPSA) is 12.0 Å². The van der Waals surface area contributed by atoms with Crippen molar-refractivity contribution >= 4 is 0 Å². The first-order valence-corrected chi connectivity index (χ1v) is 5.56. The SMILES string of the molecule is C=C/C(NC(=C)C)=C(/C)C/C(F)=C\C.CC. The van der Waals surface area contributed by atoms with Crippen molar-refractivity contribution in [3.05, 3.63) is 48.1 Å². The lowest BCUT2D eigenvalue weighted by atomic mass is 10.1. The van der Waals surface area contributed by atoms with Crippen molar-refractivity contribution in [3.63, 3.8) is 0 Å². The van der Waals surface area contributed by atoms with Gasteiger partial charge in [-0.3, -0.25) is 0 Å². The highest BCUT2D eigenvalue weighted by molar-refractivity contribution is 5.26. The van der Waals surface area contributed by atoms with Crippen LogP contribution >= 0.6 is 0 Å². The first-order valence-electron chi connectivity index (χ1n) is 5.56. The van der Waals surface area contributed by atoms with E-state index in [9.17, 15) is 4.39 Å². The van der Waals surface area contributed by atoms with Crippen LogP contribution in [0, 0.1) is 0 Å². The summed E-state index contributed by atoms with van der Waals surface area (Å²) in [5.74, 6) is -0.134. The second kappa shape index (κ2) is 10.2. The summed E-state index contributed by atoms with van der Waals surface area (Å²) in [4.78, 5) is 0. The molecular weight excluding hydrogens is 201 g/mol. The third-order valence-electron chi connectivity index (χ3n) is 1.76. The Hall–Kier alpha value is -1.31. The van der Waals surface area contributed by atoms with Crippen LogP contribution in [0.1, 0.15) is 41.0 Å². The molecule has 0 bridgehead atoms. The molecule has 16 heavy (non-hydrogen) atoms.